The fourth-order valence-corrected chi connectivity index (χ4v) is 4.20. The molecule has 26 heavy (non-hydrogen) atoms. The number of nitrogens with zero attached hydrogens (tertiary/aromatic N) is 4. The summed E-state index contributed by atoms with van der Waals surface area (Å²) in [5.41, 5.74) is 0.173. The molecule has 0 saturated carbocycles. The lowest BCUT2D eigenvalue weighted by molar-refractivity contribution is -0.144. The van der Waals surface area contributed by atoms with Crippen LogP contribution in [0, 0.1) is 5.41 Å². The second kappa shape index (κ2) is 8.20. The summed E-state index contributed by atoms with van der Waals surface area (Å²) >= 11 is 0. The highest BCUT2D eigenvalue weighted by molar-refractivity contribution is 5.80. The molecule has 2 amide bonds. The molecule has 0 bridgehead atoms. The highest BCUT2D eigenvalue weighted by atomic mass is 16.5. The van der Waals surface area contributed by atoms with Gasteiger partial charge in [-0.3, -0.25) is 14.3 Å². The first kappa shape index (κ1) is 18.9. The van der Waals surface area contributed by atoms with E-state index in [0.29, 0.717) is 13.0 Å². The second-order valence-electron chi connectivity index (χ2n) is 7.65. The summed E-state index contributed by atoms with van der Waals surface area (Å²) < 4.78 is 6.82. The van der Waals surface area contributed by atoms with Crippen molar-refractivity contribution < 1.29 is 14.3 Å². The topological polar surface area (TPSA) is 67.7 Å². The average Bonchev–Trinajstić information content (AvgIpc) is 3.19. The van der Waals surface area contributed by atoms with Crippen LogP contribution in [0.25, 0.3) is 0 Å². The van der Waals surface area contributed by atoms with Gasteiger partial charge in [0, 0.05) is 58.7 Å². The van der Waals surface area contributed by atoms with E-state index < -0.39 is 0 Å². The van der Waals surface area contributed by atoms with Gasteiger partial charge in [0.15, 0.2) is 0 Å². The number of aromatic nitrogens is 2. The molecule has 0 aliphatic carbocycles. The molecule has 3 heterocycles. The molecule has 0 unspecified atom stereocenters. The van der Waals surface area contributed by atoms with Gasteiger partial charge in [-0.1, -0.05) is 0 Å². The molecule has 1 aromatic rings. The first-order chi connectivity index (χ1) is 12.5. The van der Waals surface area contributed by atoms with Gasteiger partial charge in [-0.15, -0.1) is 0 Å². The van der Waals surface area contributed by atoms with E-state index in [1.165, 1.54) is 0 Å². The van der Waals surface area contributed by atoms with Gasteiger partial charge in [0.25, 0.3) is 0 Å². The molecular weight excluding hydrogens is 332 g/mol. The minimum Gasteiger partial charge on any atom is -0.385 e. The summed E-state index contributed by atoms with van der Waals surface area (Å²) in [6.45, 7) is 5.72. The molecule has 0 N–H and O–H groups in total. The third-order valence-corrected chi connectivity index (χ3v) is 5.94. The van der Waals surface area contributed by atoms with Gasteiger partial charge in [0.05, 0.1) is 0 Å². The summed E-state index contributed by atoms with van der Waals surface area (Å²) in [5, 5.41) is 4.18. The molecular formula is C19H30N4O3. The molecule has 2 aliphatic heterocycles. The highest BCUT2D eigenvalue weighted by Crippen LogP contribution is 2.40. The van der Waals surface area contributed by atoms with Crippen molar-refractivity contribution in [2.24, 2.45) is 5.41 Å². The first-order valence-electron chi connectivity index (χ1n) is 9.59. The van der Waals surface area contributed by atoms with Gasteiger partial charge in [0.1, 0.15) is 6.04 Å². The number of hydrogen-bond donors (Lipinski definition) is 0. The van der Waals surface area contributed by atoms with Crippen LogP contribution in [-0.4, -0.2) is 71.3 Å². The van der Waals surface area contributed by atoms with Gasteiger partial charge in [-0.2, -0.15) is 5.10 Å². The molecule has 0 aromatic carbocycles. The van der Waals surface area contributed by atoms with Crippen molar-refractivity contribution in [3.63, 3.8) is 0 Å². The number of ether oxygens (including phenoxy) is 1. The Morgan fingerprint density at radius 2 is 2.12 bits per heavy atom. The fourth-order valence-electron chi connectivity index (χ4n) is 4.20. The zero-order chi connectivity index (χ0) is 18.6. The van der Waals surface area contributed by atoms with E-state index in [1.54, 1.807) is 18.0 Å². The van der Waals surface area contributed by atoms with Crippen LogP contribution in [0.2, 0.25) is 0 Å². The summed E-state index contributed by atoms with van der Waals surface area (Å²) in [6, 6.07) is 1.57. The number of methoxy groups -OCH3 is 1. The molecule has 2 aliphatic rings. The number of piperidine rings is 2. The minimum atomic E-state index is -0.266. The van der Waals surface area contributed by atoms with E-state index in [1.807, 2.05) is 29.0 Å². The van der Waals surface area contributed by atoms with Gasteiger partial charge < -0.3 is 14.5 Å². The molecule has 2 fully saturated rings. The zero-order valence-electron chi connectivity index (χ0n) is 15.9. The number of hydrogen-bond acceptors (Lipinski definition) is 4. The van der Waals surface area contributed by atoms with E-state index in [-0.39, 0.29) is 23.3 Å². The first-order valence-corrected chi connectivity index (χ1v) is 9.59. The van der Waals surface area contributed by atoms with E-state index in [2.05, 4.69) is 5.10 Å². The SMILES string of the molecule is COCCCN1CC2(CCC1=O)CCN(C(=O)[C@@H](C)n1cccn1)CC2. The van der Waals surface area contributed by atoms with Crippen molar-refractivity contribution in [1.29, 1.82) is 0 Å². The molecule has 1 aromatic heterocycles. The highest BCUT2D eigenvalue weighted by Gasteiger charge is 2.42. The summed E-state index contributed by atoms with van der Waals surface area (Å²) in [7, 11) is 1.69. The molecule has 7 nitrogen and oxygen atoms in total. The Morgan fingerprint density at radius 3 is 2.77 bits per heavy atom. The van der Waals surface area contributed by atoms with Crippen molar-refractivity contribution in [3.05, 3.63) is 18.5 Å². The standard InChI is InChI=1S/C19H30N4O3/c1-16(23-11-3-9-20-23)18(25)21-12-7-19(8-13-21)6-5-17(24)22(15-19)10-4-14-26-2/h3,9,11,16H,4-8,10,12-15H2,1-2H3/t16-/m1/s1. The number of carbonyl (C=O) groups excluding carboxylic acids is 2. The largest absolute Gasteiger partial charge is 0.385 e. The second-order valence-corrected chi connectivity index (χ2v) is 7.65. The van der Waals surface area contributed by atoms with Crippen LogP contribution in [0.5, 0.6) is 0 Å². The van der Waals surface area contributed by atoms with E-state index in [9.17, 15) is 9.59 Å². The average molecular weight is 362 g/mol. The molecule has 1 atom stereocenters. The molecule has 1 spiro atoms. The Labute approximate surface area is 155 Å². The molecule has 7 heteroatoms. The summed E-state index contributed by atoms with van der Waals surface area (Å²) in [4.78, 5) is 28.9. The third-order valence-electron chi connectivity index (χ3n) is 5.94. The summed E-state index contributed by atoms with van der Waals surface area (Å²) in [6.07, 6.45) is 7.93. The van der Waals surface area contributed by atoms with Crippen molar-refractivity contribution in [2.45, 2.75) is 45.1 Å². The van der Waals surface area contributed by atoms with Crippen LogP contribution in [0.3, 0.4) is 0 Å². The number of likely N-dealkylation sites (tertiary alicyclic amines) is 2. The fraction of sp³-hybridized carbons (Fsp3) is 0.737. The Hall–Kier alpha value is -1.89. The zero-order valence-corrected chi connectivity index (χ0v) is 15.9. The van der Waals surface area contributed by atoms with Crippen LogP contribution >= 0.6 is 0 Å². The predicted octanol–water partition coefficient (Wildman–Crippen LogP) is 1.71. The maximum absolute atomic E-state index is 12.7. The van der Waals surface area contributed by atoms with E-state index in [0.717, 1.165) is 51.9 Å². The Morgan fingerprint density at radius 1 is 1.35 bits per heavy atom. The smallest absolute Gasteiger partial charge is 0.247 e. The maximum Gasteiger partial charge on any atom is 0.247 e. The Bertz CT molecular complexity index is 608. The lowest BCUT2D eigenvalue weighted by Crippen LogP contribution is -2.53. The van der Waals surface area contributed by atoms with Crippen molar-refractivity contribution in [3.8, 4) is 0 Å². The predicted molar refractivity (Wildman–Crippen MR) is 97.5 cm³/mol. The van der Waals surface area contributed by atoms with Crippen LogP contribution in [-0.2, 0) is 14.3 Å². The lowest BCUT2D eigenvalue weighted by atomic mass is 9.72. The molecule has 0 radical (unpaired) electrons. The van der Waals surface area contributed by atoms with Crippen LogP contribution in [0.15, 0.2) is 18.5 Å². The number of amides is 2. The Balaban J connectivity index is 1.55. The lowest BCUT2D eigenvalue weighted by Gasteiger charge is -2.47. The quantitative estimate of drug-likeness (QED) is 0.723. The van der Waals surface area contributed by atoms with Crippen molar-refractivity contribution >= 4 is 11.8 Å². The van der Waals surface area contributed by atoms with Crippen LogP contribution in [0.4, 0.5) is 0 Å². The van der Waals surface area contributed by atoms with Crippen LogP contribution in [0.1, 0.15) is 45.1 Å². The van der Waals surface area contributed by atoms with E-state index >= 15 is 0 Å². The molecule has 144 valence electrons. The van der Waals surface area contributed by atoms with Gasteiger partial charge in [-0.25, -0.2) is 0 Å². The summed E-state index contributed by atoms with van der Waals surface area (Å²) in [5.74, 6) is 0.393. The van der Waals surface area contributed by atoms with Gasteiger partial charge in [-0.05, 0) is 44.1 Å². The van der Waals surface area contributed by atoms with E-state index in [4.69, 9.17) is 4.74 Å². The van der Waals surface area contributed by atoms with Crippen molar-refractivity contribution in [1.82, 2.24) is 19.6 Å². The third kappa shape index (κ3) is 4.09. The molecule has 2 saturated heterocycles. The van der Waals surface area contributed by atoms with Crippen LogP contribution < -0.4 is 0 Å². The maximum atomic E-state index is 12.7. The number of rotatable bonds is 6. The van der Waals surface area contributed by atoms with Gasteiger partial charge >= 0.3 is 0 Å². The monoisotopic (exact) mass is 362 g/mol. The van der Waals surface area contributed by atoms with Gasteiger partial charge in [0.2, 0.25) is 11.8 Å². The minimum absolute atomic E-state index is 0.132. The number of carbonyl (C=O) groups is 2. The molecule has 3 rings (SSSR count). The van der Waals surface area contributed by atoms with Crippen molar-refractivity contribution in [2.75, 3.05) is 39.9 Å². The normalized spacial score (nSPS) is 21.2. The Kier molecular flexibility index (Phi) is 5.96.